The third-order valence-corrected chi connectivity index (χ3v) is 4.19. The fourth-order valence-electron chi connectivity index (χ4n) is 2.15. The van der Waals surface area contributed by atoms with Gasteiger partial charge < -0.3 is 14.2 Å². The first-order chi connectivity index (χ1) is 10.5. The molecule has 1 aliphatic rings. The molecule has 0 saturated heterocycles. The van der Waals surface area contributed by atoms with Crippen molar-refractivity contribution in [2.24, 2.45) is 0 Å². The van der Waals surface area contributed by atoms with Gasteiger partial charge in [-0.3, -0.25) is 4.79 Å². The zero-order chi connectivity index (χ0) is 17.4. The Kier molecular flexibility index (Phi) is 4.47. The minimum absolute atomic E-state index is 0.224. The maximum absolute atomic E-state index is 12.3. The predicted molar refractivity (Wildman–Crippen MR) is 73.4 cm³/mol. The molecule has 1 heterocycles. The van der Waals surface area contributed by atoms with Crippen LogP contribution in [0.4, 0.5) is 13.2 Å². The summed E-state index contributed by atoms with van der Waals surface area (Å²) in [5, 5.41) is 2.65. The predicted octanol–water partition coefficient (Wildman–Crippen LogP) is 1.74. The Balaban J connectivity index is 2.14. The van der Waals surface area contributed by atoms with Gasteiger partial charge in [0.15, 0.2) is 0 Å². The molecule has 0 aromatic heterocycles. The molecule has 0 saturated carbocycles. The molecule has 6 nitrogen and oxygen atoms in total. The van der Waals surface area contributed by atoms with Crippen molar-refractivity contribution in [2.75, 3.05) is 0 Å². The van der Waals surface area contributed by atoms with E-state index < -0.39 is 27.5 Å². The Morgan fingerprint density at radius 2 is 2.09 bits per heavy atom. The maximum Gasteiger partial charge on any atom is 0.534 e. The maximum atomic E-state index is 12.3. The molecule has 128 valence electrons. The summed E-state index contributed by atoms with van der Waals surface area (Å²) in [5.41, 5.74) is -4.82. The Morgan fingerprint density at radius 1 is 1.43 bits per heavy atom. The number of ether oxygens (including phenoxy) is 1. The van der Waals surface area contributed by atoms with E-state index in [0.29, 0.717) is 12.0 Å². The highest BCUT2D eigenvalue weighted by atomic mass is 32.2. The summed E-state index contributed by atoms with van der Waals surface area (Å²) in [6.45, 7) is 3.08. The first-order valence-electron chi connectivity index (χ1n) is 6.57. The topological polar surface area (TPSA) is 81.7 Å². The van der Waals surface area contributed by atoms with Crippen LogP contribution in [0.25, 0.3) is 0 Å². The highest BCUT2D eigenvalue weighted by molar-refractivity contribution is 7.88. The van der Waals surface area contributed by atoms with Gasteiger partial charge in [0.2, 0.25) is 5.91 Å². The fourth-order valence-corrected chi connectivity index (χ4v) is 2.60. The van der Waals surface area contributed by atoms with Crippen LogP contribution in [0.2, 0.25) is 0 Å². The van der Waals surface area contributed by atoms with Crippen LogP contribution in [0.1, 0.15) is 19.4 Å². The van der Waals surface area contributed by atoms with E-state index >= 15 is 0 Å². The molecule has 2 atom stereocenters. The molecule has 1 aromatic carbocycles. The lowest BCUT2D eigenvalue weighted by Crippen LogP contribution is -2.42. The van der Waals surface area contributed by atoms with Gasteiger partial charge in [0, 0.05) is 19.4 Å². The van der Waals surface area contributed by atoms with Crippen molar-refractivity contribution in [3.05, 3.63) is 23.8 Å². The van der Waals surface area contributed by atoms with E-state index in [2.05, 4.69) is 9.50 Å². The van der Waals surface area contributed by atoms with Gasteiger partial charge in [-0.25, -0.2) is 0 Å². The average molecular weight is 353 g/mol. The van der Waals surface area contributed by atoms with E-state index in [9.17, 15) is 26.4 Å². The van der Waals surface area contributed by atoms with Crippen molar-refractivity contribution in [1.82, 2.24) is 5.32 Å². The van der Waals surface area contributed by atoms with E-state index in [0.717, 1.165) is 12.1 Å². The number of fused-ring (bicyclic) bond motifs is 1. The minimum Gasteiger partial charge on any atom is -0.488 e. The summed E-state index contributed by atoms with van der Waals surface area (Å²) in [5.74, 6) is -0.506. The Morgan fingerprint density at radius 3 is 2.65 bits per heavy atom. The second kappa shape index (κ2) is 5.91. The van der Waals surface area contributed by atoms with Crippen LogP contribution in [0.15, 0.2) is 18.2 Å². The highest BCUT2D eigenvalue weighted by Crippen LogP contribution is 2.35. The van der Waals surface area contributed by atoms with Crippen LogP contribution < -0.4 is 14.2 Å². The third-order valence-electron chi connectivity index (χ3n) is 3.22. The van der Waals surface area contributed by atoms with Gasteiger partial charge in [0.25, 0.3) is 0 Å². The molecule has 23 heavy (non-hydrogen) atoms. The number of hydrogen-bond acceptors (Lipinski definition) is 5. The molecule has 0 radical (unpaired) electrons. The van der Waals surface area contributed by atoms with Gasteiger partial charge in [-0.1, -0.05) is 6.07 Å². The SMILES string of the molecule is CC(=O)NC(C)[C@H]1Cc2ccc(OS(=O)(=O)C(F)(F)F)cc2O1. The summed E-state index contributed by atoms with van der Waals surface area (Å²) >= 11 is 0. The number of halogens is 3. The van der Waals surface area contributed by atoms with Crippen LogP contribution in [-0.2, 0) is 21.3 Å². The lowest BCUT2D eigenvalue weighted by Gasteiger charge is -2.19. The summed E-state index contributed by atoms with van der Waals surface area (Å²) in [6, 6.07) is 3.32. The zero-order valence-corrected chi connectivity index (χ0v) is 13.0. The van der Waals surface area contributed by atoms with E-state index in [1.165, 1.54) is 13.0 Å². The molecule has 0 aliphatic carbocycles. The van der Waals surface area contributed by atoms with Crippen LogP contribution in [0.3, 0.4) is 0 Å². The first-order valence-corrected chi connectivity index (χ1v) is 7.98. The number of rotatable bonds is 4. The number of alkyl halides is 3. The molecule has 0 spiro atoms. The van der Waals surface area contributed by atoms with Gasteiger partial charge in [0.05, 0.1) is 6.04 Å². The van der Waals surface area contributed by atoms with E-state index in [1.54, 1.807) is 6.92 Å². The van der Waals surface area contributed by atoms with Crippen LogP contribution in [0.5, 0.6) is 11.5 Å². The van der Waals surface area contributed by atoms with Crippen molar-refractivity contribution in [3.63, 3.8) is 0 Å². The van der Waals surface area contributed by atoms with Crippen molar-refractivity contribution in [1.29, 1.82) is 0 Å². The summed E-state index contributed by atoms with van der Waals surface area (Å²) < 4.78 is 68.4. The standard InChI is InChI=1S/C13H14F3NO5S/c1-7(17-8(2)18)11-5-9-3-4-10(6-12(9)21-11)22-23(19,20)13(14,15)16/h3-4,6-7,11H,5H2,1-2H3,(H,17,18)/t7?,11-/m1/s1. The molecular weight excluding hydrogens is 339 g/mol. The molecule has 1 aliphatic heterocycles. The molecule has 1 unspecified atom stereocenters. The summed E-state index contributed by atoms with van der Waals surface area (Å²) in [6.07, 6.45) is 0.0340. The van der Waals surface area contributed by atoms with Crippen molar-refractivity contribution >= 4 is 16.0 Å². The molecule has 1 amide bonds. The van der Waals surface area contributed by atoms with Crippen LogP contribution >= 0.6 is 0 Å². The van der Waals surface area contributed by atoms with Gasteiger partial charge in [-0.2, -0.15) is 21.6 Å². The molecule has 2 rings (SSSR count). The van der Waals surface area contributed by atoms with Gasteiger partial charge in [-0.05, 0) is 18.6 Å². The number of hydrogen-bond donors (Lipinski definition) is 1. The largest absolute Gasteiger partial charge is 0.534 e. The lowest BCUT2D eigenvalue weighted by atomic mass is 10.1. The smallest absolute Gasteiger partial charge is 0.488 e. The molecule has 10 heteroatoms. The van der Waals surface area contributed by atoms with E-state index in [4.69, 9.17) is 4.74 Å². The third kappa shape index (κ3) is 3.87. The van der Waals surface area contributed by atoms with Gasteiger partial charge >= 0.3 is 15.6 Å². The number of amides is 1. The van der Waals surface area contributed by atoms with Gasteiger partial charge in [0.1, 0.15) is 17.6 Å². The Labute approximate surface area is 130 Å². The number of carbonyl (C=O) groups excluding carboxylic acids is 1. The second-order valence-electron chi connectivity index (χ2n) is 5.10. The molecule has 1 N–H and O–H groups in total. The second-order valence-corrected chi connectivity index (χ2v) is 6.64. The summed E-state index contributed by atoms with van der Waals surface area (Å²) in [4.78, 5) is 11.0. The quantitative estimate of drug-likeness (QED) is 0.659. The first kappa shape index (κ1) is 17.4. The Bertz CT molecular complexity index is 717. The molecule has 0 fully saturated rings. The summed E-state index contributed by atoms with van der Waals surface area (Å²) in [7, 11) is -5.73. The zero-order valence-electron chi connectivity index (χ0n) is 12.2. The minimum atomic E-state index is -5.73. The number of benzene rings is 1. The highest BCUT2D eigenvalue weighted by Gasteiger charge is 2.48. The van der Waals surface area contributed by atoms with Crippen molar-refractivity contribution in [2.45, 2.75) is 37.9 Å². The van der Waals surface area contributed by atoms with Crippen LogP contribution in [-0.4, -0.2) is 32.0 Å². The van der Waals surface area contributed by atoms with Crippen LogP contribution in [0, 0.1) is 0 Å². The van der Waals surface area contributed by atoms with Crippen molar-refractivity contribution < 1.29 is 35.3 Å². The Hall–Kier alpha value is -1.97. The number of carbonyl (C=O) groups is 1. The number of nitrogens with one attached hydrogen (secondary N) is 1. The molecule has 0 bridgehead atoms. The molecular formula is C13H14F3NO5S. The van der Waals surface area contributed by atoms with Gasteiger partial charge in [-0.15, -0.1) is 0 Å². The monoisotopic (exact) mass is 353 g/mol. The molecule has 1 aromatic rings. The van der Waals surface area contributed by atoms with E-state index in [-0.39, 0.29) is 17.7 Å². The van der Waals surface area contributed by atoms with E-state index in [1.807, 2.05) is 0 Å². The van der Waals surface area contributed by atoms with Crippen molar-refractivity contribution in [3.8, 4) is 11.5 Å². The normalized spacial score (nSPS) is 18.7. The fraction of sp³-hybridized carbons (Fsp3) is 0.462. The lowest BCUT2D eigenvalue weighted by molar-refractivity contribution is -0.120. The average Bonchev–Trinajstić information content (AvgIpc) is 2.79.